The average molecular weight is 179 g/mol. The number of aliphatic hydroxyl groups is 1. The summed E-state index contributed by atoms with van der Waals surface area (Å²) in [5.74, 6) is 0.117. The Morgan fingerprint density at radius 1 is 1.62 bits per heavy atom. The molecule has 0 spiro atoms. The molecule has 72 valence electrons. The van der Waals surface area contributed by atoms with E-state index in [1.165, 1.54) is 0 Å². The number of nitriles is 1. The van der Waals surface area contributed by atoms with Crippen LogP contribution in [0.1, 0.15) is 32.6 Å². The molecule has 2 heteroatoms. The van der Waals surface area contributed by atoms with E-state index in [1.807, 2.05) is 6.92 Å². The largest absolute Gasteiger partial charge is 0.391 e. The third-order valence-corrected chi connectivity index (χ3v) is 2.81. The molecule has 2 nitrogen and oxygen atoms in total. The van der Waals surface area contributed by atoms with Gasteiger partial charge in [0.25, 0.3) is 0 Å². The van der Waals surface area contributed by atoms with Crippen LogP contribution in [0.15, 0.2) is 12.2 Å². The summed E-state index contributed by atoms with van der Waals surface area (Å²) in [5.41, 5.74) is 0. The van der Waals surface area contributed by atoms with E-state index >= 15 is 0 Å². The van der Waals surface area contributed by atoms with E-state index in [9.17, 15) is 5.11 Å². The van der Waals surface area contributed by atoms with Crippen LogP contribution in [0.3, 0.4) is 0 Å². The van der Waals surface area contributed by atoms with E-state index in [0.717, 1.165) is 25.7 Å². The van der Waals surface area contributed by atoms with Crippen molar-refractivity contribution >= 4 is 0 Å². The van der Waals surface area contributed by atoms with Gasteiger partial charge in [0.1, 0.15) is 0 Å². The van der Waals surface area contributed by atoms with E-state index in [4.69, 9.17) is 5.26 Å². The monoisotopic (exact) mass is 179 g/mol. The predicted molar refractivity (Wildman–Crippen MR) is 51.9 cm³/mol. The van der Waals surface area contributed by atoms with E-state index in [-0.39, 0.29) is 5.92 Å². The van der Waals surface area contributed by atoms with Crippen LogP contribution in [0.25, 0.3) is 0 Å². The molecule has 0 saturated carbocycles. The van der Waals surface area contributed by atoms with Crippen LogP contribution >= 0.6 is 0 Å². The van der Waals surface area contributed by atoms with Crippen LogP contribution in [-0.2, 0) is 0 Å². The van der Waals surface area contributed by atoms with Crippen molar-refractivity contribution in [1.29, 1.82) is 5.26 Å². The zero-order valence-electron chi connectivity index (χ0n) is 8.11. The van der Waals surface area contributed by atoms with Crippen molar-refractivity contribution in [3.8, 4) is 6.07 Å². The molecule has 0 aromatic heterocycles. The van der Waals surface area contributed by atoms with Gasteiger partial charge >= 0.3 is 0 Å². The van der Waals surface area contributed by atoms with Gasteiger partial charge in [0.05, 0.1) is 18.1 Å². The number of hydrogen-bond acceptors (Lipinski definition) is 2. The maximum atomic E-state index is 9.88. The summed E-state index contributed by atoms with van der Waals surface area (Å²) in [7, 11) is 0. The molecular weight excluding hydrogens is 162 g/mol. The van der Waals surface area contributed by atoms with Gasteiger partial charge in [-0.05, 0) is 31.6 Å². The minimum Gasteiger partial charge on any atom is -0.391 e. The Hall–Kier alpha value is -0.810. The van der Waals surface area contributed by atoms with Crippen molar-refractivity contribution in [3.63, 3.8) is 0 Å². The molecule has 0 heterocycles. The van der Waals surface area contributed by atoms with Crippen LogP contribution in [0, 0.1) is 23.2 Å². The molecule has 1 aliphatic rings. The molecule has 0 amide bonds. The molecule has 13 heavy (non-hydrogen) atoms. The topological polar surface area (TPSA) is 44.0 Å². The Balaban J connectivity index is 2.50. The Bertz CT molecular complexity index is 217. The molecule has 3 atom stereocenters. The van der Waals surface area contributed by atoms with Gasteiger partial charge in [-0.15, -0.1) is 0 Å². The van der Waals surface area contributed by atoms with Gasteiger partial charge in [-0.1, -0.05) is 19.1 Å². The van der Waals surface area contributed by atoms with Gasteiger partial charge < -0.3 is 5.11 Å². The minimum atomic E-state index is -0.431. The fourth-order valence-electron chi connectivity index (χ4n) is 1.86. The van der Waals surface area contributed by atoms with Crippen molar-refractivity contribution in [1.82, 2.24) is 0 Å². The molecular formula is C11H17NO. The van der Waals surface area contributed by atoms with E-state index in [0.29, 0.717) is 5.92 Å². The smallest absolute Gasteiger partial charge is 0.0729 e. The maximum absolute atomic E-state index is 9.88. The van der Waals surface area contributed by atoms with E-state index in [1.54, 1.807) is 0 Å². The fraction of sp³-hybridized carbons (Fsp3) is 0.727. The molecule has 3 unspecified atom stereocenters. The lowest BCUT2D eigenvalue weighted by Crippen LogP contribution is -2.28. The van der Waals surface area contributed by atoms with E-state index < -0.39 is 6.10 Å². The van der Waals surface area contributed by atoms with Crippen molar-refractivity contribution < 1.29 is 5.11 Å². The van der Waals surface area contributed by atoms with Crippen LogP contribution in [-0.4, -0.2) is 11.2 Å². The van der Waals surface area contributed by atoms with Gasteiger partial charge in [-0.3, -0.25) is 0 Å². The summed E-state index contributed by atoms with van der Waals surface area (Å²) >= 11 is 0. The maximum Gasteiger partial charge on any atom is 0.0729 e. The van der Waals surface area contributed by atoms with Crippen LogP contribution in [0.4, 0.5) is 0 Å². The van der Waals surface area contributed by atoms with Crippen molar-refractivity contribution in [3.05, 3.63) is 12.2 Å². The van der Waals surface area contributed by atoms with Crippen molar-refractivity contribution in [2.75, 3.05) is 0 Å². The second-order valence-corrected chi connectivity index (χ2v) is 3.68. The molecule has 0 radical (unpaired) electrons. The minimum absolute atomic E-state index is 0.184. The number of aliphatic hydroxyl groups excluding tert-OH is 1. The molecule has 0 aliphatic heterocycles. The highest BCUT2D eigenvalue weighted by Gasteiger charge is 2.26. The van der Waals surface area contributed by atoms with Crippen LogP contribution in [0.2, 0.25) is 0 Å². The van der Waals surface area contributed by atoms with Gasteiger partial charge in [0.15, 0.2) is 0 Å². The molecule has 0 aromatic rings. The highest BCUT2D eigenvalue weighted by Crippen LogP contribution is 2.26. The third kappa shape index (κ3) is 2.57. The Morgan fingerprint density at radius 2 is 2.38 bits per heavy atom. The molecule has 0 aromatic carbocycles. The molecule has 1 N–H and O–H groups in total. The number of rotatable bonds is 3. The lowest BCUT2D eigenvalue weighted by Gasteiger charge is -2.26. The van der Waals surface area contributed by atoms with Gasteiger partial charge in [0.2, 0.25) is 0 Å². The summed E-state index contributed by atoms with van der Waals surface area (Å²) in [6, 6.07) is 2.17. The number of allylic oxidation sites excluding steroid dienone is 2. The first-order valence-electron chi connectivity index (χ1n) is 5.02. The zero-order chi connectivity index (χ0) is 9.68. The summed E-state index contributed by atoms with van der Waals surface area (Å²) < 4.78 is 0. The summed E-state index contributed by atoms with van der Waals surface area (Å²) in [6.45, 7) is 1.95. The van der Waals surface area contributed by atoms with Gasteiger partial charge in [0, 0.05) is 0 Å². The fourth-order valence-corrected chi connectivity index (χ4v) is 1.86. The Labute approximate surface area is 79.9 Å². The van der Waals surface area contributed by atoms with Crippen molar-refractivity contribution in [2.45, 2.75) is 38.7 Å². The van der Waals surface area contributed by atoms with E-state index in [2.05, 4.69) is 18.2 Å². The van der Waals surface area contributed by atoms with Crippen LogP contribution < -0.4 is 0 Å². The predicted octanol–water partition coefficient (Wildman–Crippen LogP) is 2.25. The first-order chi connectivity index (χ1) is 6.29. The van der Waals surface area contributed by atoms with Gasteiger partial charge in [-0.25, -0.2) is 0 Å². The molecule has 1 aliphatic carbocycles. The summed E-state index contributed by atoms with van der Waals surface area (Å²) in [5, 5.41) is 18.7. The molecule has 1 rings (SSSR count). The highest BCUT2D eigenvalue weighted by atomic mass is 16.3. The number of hydrogen-bond donors (Lipinski definition) is 1. The lowest BCUT2D eigenvalue weighted by molar-refractivity contribution is 0.0652. The normalized spacial score (nSPS) is 26.4. The zero-order valence-corrected chi connectivity index (χ0v) is 8.11. The first kappa shape index (κ1) is 10.3. The third-order valence-electron chi connectivity index (χ3n) is 2.81. The number of nitrogens with zero attached hydrogens (tertiary/aromatic N) is 1. The average Bonchev–Trinajstić information content (AvgIpc) is 2.21. The first-order valence-corrected chi connectivity index (χ1v) is 5.02. The van der Waals surface area contributed by atoms with Crippen molar-refractivity contribution in [2.24, 2.45) is 11.8 Å². The second kappa shape index (κ2) is 5.04. The standard InChI is InChI=1S/C11H17NO/c1-2-9(8-12)11(13)10-6-4-3-5-7-10/h3-4,9-11,13H,2,5-7H2,1H3. The second-order valence-electron chi connectivity index (χ2n) is 3.68. The summed E-state index contributed by atoms with van der Waals surface area (Å²) in [4.78, 5) is 0. The Kier molecular flexibility index (Phi) is 3.98. The SMILES string of the molecule is CCC(C#N)C(O)C1CC=CCC1. The summed E-state index contributed by atoms with van der Waals surface area (Å²) in [6.07, 6.45) is 7.58. The Morgan fingerprint density at radius 3 is 2.85 bits per heavy atom. The quantitative estimate of drug-likeness (QED) is 0.675. The highest BCUT2D eigenvalue weighted by molar-refractivity contribution is 4.97. The molecule has 0 bridgehead atoms. The molecule has 0 saturated heterocycles. The van der Waals surface area contributed by atoms with Crippen LogP contribution in [0.5, 0.6) is 0 Å². The van der Waals surface area contributed by atoms with Gasteiger partial charge in [-0.2, -0.15) is 5.26 Å². The molecule has 0 fully saturated rings. The lowest BCUT2D eigenvalue weighted by atomic mass is 9.83.